The Morgan fingerprint density at radius 3 is 2.77 bits per heavy atom. The van der Waals surface area contributed by atoms with Crippen molar-refractivity contribution in [2.45, 2.75) is 12.8 Å². The van der Waals surface area contributed by atoms with E-state index in [-0.39, 0.29) is 5.75 Å². The van der Waals surface area contributed by atoms with Crippen molar-refractivity contribution in [3.63, 3.8) is 0 Å². The first-order valence-corrected chi connectivity index (χ1v) is 4.36. The number of hydrogen-bond acceptors (Lipinski definition) is 3. The maximum Gasteiger partial charge on any atom is 0.116 e. The Bertz CT molecular complexity index is 356. The molecule has 3 heteroatoms. The summed E-state index contributed by atoms with van der Waals surface area (Å²) < 4.78 is 0. The fourth-order valence-electron chi connectivity index (χ4n) is 1.37. The van der Waals surface area contributed by atoms with Crippen molar-refractivity contribution < 1.29 is 5.11 Å². The van der Waals surface area contributed by atoms with Gasteiger partial charge in [-0.1, -0.05) is 0 Å². The van der Waals surface area contributed by atoms with E-state index in [9.17, 15) is 5.11 Å². The van der Waals surface area contributed by atoms with E-state index in [1.807, 2.05) is 0 Å². The molecule has 13 heavy (non-hydrogen) atoms. The van der Waals surface area contributed by atoms with Crippen LogP contribution in [0.1, 0.15) is 18.4 Å². The second-order valence-corrected chi connectivity index (χ2v) is 3.46. The van der Waals surface area contributed by atoms with E-state index in [4.69, 9.17) is 11.1 Å². The second-order valence-electron chi connectivity index (χ2n) is 3.46. The number of nitrogens with two attached hydrogens (primary N) is 1. The molecule has 0 radical (unpaired) electrons. The van der Waals surface area contributed by atoms with E-state index < -0.39 is 0 Å². The van der Waals surface area contributed by atoms with E-state index in [0.29, 0.717) is 22.9 Å². The number of rotatable bonds is 2. The Hall–Kier alpha value is -1.51. The second kappa shape index (κ2) is 2.76. The lowest BCUT2D eigenvalue weighted by Gasteiger charge is -2.06. The molecule has 0 saturated heterocycles. The minimum absolute atomic E-state index is 0.176. The molecule has 68 valence electrons. The van der Waals surface area contributed by atoms with Crippen molar-refractivity contribution in [2.75, 3.05) is 5.73 Å². The molecule has 0 unspecified atom stereocenters. The van der Waals surface area contributed by atoms with Gasteiger partial charge in [-0.2, -0.15) is 0 Å². The summed E-state index contributed by atoms with van der Waals surface area (Å²) in [6.07, 6.45) is 2.15. The molecule has 1 fully saturated rings. The van der Waals surface area contributed by atoms with Crippen LogP contribution in [0.5, 0.6) is 5.75 Å². The van der Waals surface area contributed by atoms with Gasteiger partial charge < -0.3 is 16.2 Å². The molecular weight excluding hydrogens is 164 g/mol. The molecule has 1 aromatic rings. The summed E-state index contributed by atoms with van der Waals surface area (Å²) in [7, 11) is 0. The molecule has 0 spiro atoms. The van der Waals surface area contributed by atoms with Crippen molar-refractivity contribution in [2.24, 2.45) is 5.92 Å². The predicted molar refractivity (Wildman–Crippen MR) is 52.1 cm³/mol. The maximum absolute atomic E-state index is 9.24. The molecule has 1 aliphatic carbocycles. The zero-order valence-corrected chi connectivity index (χ0v) is 7.25. The van der Waals surface area contributed by atoms with Gasteiger partial charge in [0.15, 0.2) is 0 Å². The van der Waals surface area contributed by atoms with Crippen LogP contribution in [0.2, 0.25) is 0 Å². The zero-order valence-electron chi connectivity index (χ0n) is 7.25. The molecule has 1 aromatic carbocycles. The summed E-state index contributed by atoms with van der Waals surface area (Å²) in [5, 5.41) is 17.0. The van der Waals surface area contributed by atoms with E-state index in [0.717, 1.165) is 12.8 Å². The lowest BCUT2D eigenvalue weighted by atomic mass is 10.0. The number of aromatic hydroxyl groups is 1. The molecule has 0 bridgehead atoms. The van der Waals surface area contributed by atoms with Crippen molar-refractivity contribution in [1.29, 1.82) is 5.41 Å². The van der Waals surface area contributed by atoms with Crippen LogP contribution in [0, 0.1) is 11.3 Å². The Morgan fingerprint density at radius 2 is 2.15 bits per heavy atom. The molecule has 1 aliphatic rings. The molecule has 3 nitrogen and oxygen atoms in total. The number of nitrogens with one attached hydrogen (secondary N) is 1. The number of hydrogen-bond donors (Lipinski definition) is 3. The van der Waals surface area contributed by atoms with Crippen molar-refractivity contribution in [3.8, 4) is 5.75 Å². The van der Waals surface area contributed by atoms with Gasteiger partial charge in [0.05, 0.1) is 0 Å². The van der Waals surface area contributed by atoms with E-state index in [1.165, 1.54) is 0 Å². The lowest BCUT2D eigenvalue weighted by Crippen LogP contribution is -2.05. The zero-order chi connectivity index (χ0) is 9.42. The smallest absolute Gasteiger partial charge is 0.116 e. The van der Waals surface area contributed by atoms with Crippen LogP contribution in [-0.2, 0) is 0 Å². The average molecular weight is 176 g/mol. The number of phenolic OH excluding ortho intramolecular Hbond substituents is 1. The standard InChI is InChI=1S/C10H12N2O/c11-9-4-3-7(13)5-8(9)10(12)6-1-2-6/h3-6,12-13H,1-2,11H2. The van der Waals surface area contributed by atoms with Crippen LogP contribution in [0.3, 0.4) is 0 Å². The Morgan fingerprint density at radius 1 is 1.46 bits per heavy atom. The first-order valence-electron chi connectivity index (χ1n) is 4.36. The van der Waals surface area contributed by atoms with Crippen LogP contribution >= 0.6 is 0 Å². The topological polar surface area (TPSA) is 70.1 Å². The summed E-state index contributed by atoms with van der Waals surface area (Å²) in [5.41, 5.74) is 7.53. The SMILES string of the molecule is N=C(c1cc(O)ccc1N)C1CC1. The van der Waals surface area contributed by atoms with Gasteiger partial charge in [0, 0.05) is 22.9 Å². The van der Waals surface area contributed by atoms with E-state index in [1.54, 1.807) is 18.2 Å². The highest BCUT2D eigenvalue weighted by atomic mass is 16.3. The van der Waals surface area contributed by atoms with Crippen molar-refractivity contribution in [1.82, 2.24) is 0 Å². The predicted octanol–water partition coefficient (Wildman–Crippen LogP) is 1.75. The molecule has 0 amide bonds. The van der Waals surface area contributed by atoms with Crippen LogP contribution in [0.4, 0.5) is 5.69 Å². The molecule has 0 atom stereocenters. The van der Waals surface area contributed by atoms with Crippen LogP contribution in [0.25, 0.3) is 0 Å². The van der Waals surface area contributed by atoms with Gasteiger partial charge >= 0.3 is 0 Å². The summed E-state index contributed by atoms with van der Waals surface area (Å²) in [6.45, 7) is 0. The summed E-state index contributed by atoms with van der Waals surface area (Å²) in [6, 6.07) is 4.75. The summed E-state index contributed by atoms with van der Waals surface area (Å²) in [5.74, 6) is 0.540. The van der Waals surface area contributed by atoms with Gasteiger partial charge in [-0.3, -0.25) is 0 Å². The normalized spacial score (nSPS) is 15.7. The number of nitrogen functional groups attached to an aromatic ring is 1. The van der Waals surface area contributed by atoms with Crippen LogP contribution in [0.15, 0.2) is 18.2 Å². The van der Waals surface area contributed by atoms with Crippen molar-refractivity contribution in [3.05, 3.63) is 23.8 Å². The highest BCUT2D eigenvalue weighted by Gasteiger charge is 2.28. The molecule has 0 aliphatic heterocycles. The lowest BCUT2D eigenvalue weighted by molar-refractivity contribution is 0.475. The first kappa shape index (κ1) is 8.10. The Balaban J connectivity index is 2.37. The molecular formula is C10H12N2O. The van der Waals surface area contributed by atoms with Gasteiger partial charge in [0.2, 0.25) is 0 Å². The molecule has 0 heterocycles. The third-order valence-electron chi connectivity index (χ3n) is 2.31. The third kappa shape index (κ3) is 1.49. The summed E-state index contributed by atoms with van der Waals surface area (Å²) >= 11 is 0. The maximum atomic E-state index is 9.24. The van der Waals surface area contributed by atoms with Crippen LogP contribution in [-0.4, -0.2) is 10.8 Å². The van der Waals surface area contributed by atoms with Gasteiger partial charge in [0.1, 0.15) is 5.75 Å². The average Bonchev–Trinajstić information content (AvgIpc) is 2.91. The fourth-order valence-corrected chi connectivity index (χ4v) is 1.37. The Labute approximate surface area is 76.7 Å². The van der Waals surface area contributed by atoms with Crippen LogP contribution < -0.4 is 5.73 Å². The minimum atomic E-state index is 0.176. The minimum Gasteiger partial charge on any atom is -0.508 e. The molecule has 4 N–H and O–H groups in total. The molecule has 2 rings (SSSR count). The van der Waals surface area contributed by atoms with Crippen molar-refractivity contribution >= 4 is 11.4 Å². The largest absolute Gasteiger partial charge is 0.508 e. The van der Waals surface area contributed by atoms with E-state index in [2.05, 4.69) is 0 Å². The quantitative estimate of drug-likeness (QED) is 0.365. The highest BCUT2D eigenvalue weighted by molar-refractivity contribution is 6.05. The Kier molecular flexibility index (Phi) is 1.72. The molecule has 0 aromatic heterocycles. The third-order valence-corrected chi connectivity index (χ3v) is 2.31. The summed E-state index contributed by atoms with van der Waals surface area (Å²) in [4.78, 5) is 0. The van der Waals surface area contributed by atoms with Gasteiger partial charge in [-0.15, -0.1) is 0 Å². The van der Waals surface area contributed by atoms with Gasteiger partial charge in [-0.25, -0.2) is 0 Å². The number of anilines is 1. The van der Waals surface area contributed by atoms with Gasteiger partial charge in [-0.05, 0) is 31.0 Å². The fraction of sp³-hybridized carbons (Fsp3) is 0.300. The molecule has 1 saturated carbocycles. The number of phenols is 1. The van der Waals surface area contributed by atoms with E-state index >= 15 is 0 Å². The first-order chi connectivity index (χ1) is 6.18. The van der Waals surface area contributed by atoms with Gasteiger partial charge in [0.25, 0.3) is 0 Å². The number of benzene rings is 1. The monoisotopic (exact) mass is 176 g/mol. The highest BCUT2D eigenvalue weighted by Crippen LogP contribution is 2.34.